The van der Waals surface area contributed by atoms with Crippen LogP contribution in [0.5, 0.6) is 0 Å². The number of nitrogens with one attached hydrogen (secondary N) is 2. The van der Waals surface area contributed by atoms with E-state index >= 15 is 0 Å². The van der Waals surface area contributed by atoms with Crippen LogP contribution in [0.1, 0.15) is 33.1 Å². The summed E-state index contributed by atoms with van der Waals surface area (Å²) in [5.74, 6) is 2.56. The first-order valence-electron chi connectivity index (χ1n) is 8.95. The summed E-state index contributed by atoms with van der Waals surface area (Å²) < 4.78 is 5.58. The van der Waals surface area contributed by atoms with Crippen molar-refractivity contribution >= 4 is 40.7 Å². The molecule has 0 amide bonds. The zero-order valence-electron chi connectivity index (χ0n) is 14.8. The maximum Gasteiger partial charge on any atom is 0.232 e. The lowest BCUT2D eigenvalue weighted by molar-refractivity contribution is 0.114. The van der Waals surface area contributed by atoms with E-state index in [4.69, 9.17) is 28.6 Å². The van der Waals surface area contributed by atoms with Crippen LogP contribution in [0.25, 0.3) is 0 Å². The van der Waals surface area contributed by atoms with Crippen molar-refractivity contribution < 1.29 is 4.74 Å². The van der Waals surface area contributed by atoms with Crippen LogP contribution in [0.3, 0.4) is 0 Å². The number of aromatic nitrogens is 2. The highest BCUT2D eigenvalue weighted by atomic mass is 35.5. The molecule has 138 valence electrons. The van der Waals surface area contributed by atoms with Gasteiger partial charge in [-0.2, -0.15) is 4.98 Å². The largest absolute Gasteiger partial charge is 0.376 e. The van der Waals surface area contributed by atoms with Gasteiger partial charge in [0.2, 0.25) is 5.95 Å². The average Bonchev–Trinajstić information content (AvgIpc) is 3.05. The molecule has 0 bridgehead atoms. The number of anilines is 2. The molecule has 2 aliphatic heterocycles. The fourth-order valence-corrected chi connectivity index (χ4v) is 3.98. The molecule has 3 heterocycles. The first kappa shape index (κ1) is 18.6. The van der Waals surface area contributed by atoms with Gasteiger partial charge in [-0.3, -0.25) is 0 Å². The monoisotopic (exact) mass is 383 g/mol. The summed E-state index contributed by atoms with van der Waals surface area (Å²) in [5, 5.41) is 7.11. The molecule has 0 radical (unpaired) electrons. The average molecular weight is 384 g/mol. The standard InChI is InChI=1S/C17H26ClN5OS/c1-11-6-12(2)10-23(9-11)15-7-14(18)20-16(21-15)22-17(25)19-8-13-4-3-5-24-13/h7,11-13H,3-6,8-10H2,1-2H3,(H2,19,20,21,22,25)/t11-,12-,13-/m0/s1. The Labute approximate surface area is 159 Å². The van der Waals surface area contributed by atoms with Gasteiger partial charge in [-0.15, -0.1) is 0 Å². The maximum atomic E-state index is 6.20. The molecule has 3 rings (SSSR count). The Balaban J connectivity index is 1.61. The van der Waals surface area contributed by atoms with Gasteiger partial charge in [0.15, 0.2) is 5.11 Å². The number of hydrogen-bond donors (Lipinski definition) is 2. The minimum atomic E-state index is 0.229. The molecule has 25 heavy (non-hydrogen) atoms. The van der Waals surface area contributed by atoms with Crippen molar-refractivity contribution in [1.82, 2.24) is 15.3 Å². The van der Waals surface area contributed by atoms with Crippen LogP contribution in [0.2, 0.25) is 5.15 Å². The lowest BCUT2D eigenvalue weighted by Crippen LogP contribution is -2.39. The summed E-state index contributed by atoms with van der Waals surface area (Å²) in [6.07, 6.45) is 3.66. The highest BCUT2D eigenvalue weighted by Gasteiger charge is 2.23. The third-order valence-corrected chi connectivity index (χ3v) is 5.05. The van der Waals surface area contributed by atoms with Crippen LogP contribution < -0.4 is 15.5 Å². The molecule has 2 N–H and O–H groups in total. The quantitative estimate of drug-likeness (QED) is 0.611. The van der Waals surface area contributed by atoms with Gasteiger partial charge in [0, 0.05) is 32.3 Å². The van der Waals surface area contributed by atoms with Gasteiger partial charge >= 0.3 is 0 Å². The van der Waals surface area contributed by atoms with Crippen molar-refractivity contribution in [3.8, 4) is 0 Å². The Morgan fingerprint density at radius 3 is 2.80 bits per heavy atom. The van der Waals surface area contributed by atoms with Gasteiger partial charge in [0.1, 0.15) is 11.0 Å². The summed E-state index contributed by atoms with van der Waals surface area (Å²) in [6, 6.07) is 1.82. The molecule has 0 unspecified atom stereocenters. The summed E-state index contributed by atoms with van der Waals surface area (Å²) in [5.41, 5.74) is 0. The molecule has 0 spiro atoms. The molecule has 0 saturated carbocycles. The third kappa shape index (κ3) is 5.39. The van der Waals surface area contributed by atoms with Crippen molar-refractivity contribution in [2.45, 2.75) is 39.2 Å². The topological polar surface area (TPSA) is 62.3 Å². The first-order valence-corrected chi connectivity index (χ1v) is 9.74. The zero-order valence-corrected chi connectivity index (χ0v) is 16.4. The van der Waals surface area contributed by atoms with Gasteiger partial charge in [-0.1, -0.05) is 25.4 Å². The molecule has 0 aliphatic carbocycles. The molecule has 0 aromatic carbocycles. The van der Waals surface area contributed by atoms with Crippen molar-refractivity contribution in [1.29, 1.82) is 0 Å². The predicted molar refractivity (Wildman–Crippen MR) is 105 cm³/mol. The molecule has 1 aromatic heterocycles. The SMILES string of the molecule is C[C@H]1C[C@H](C)CN(c2cc(Cl)nc(NC(=S)NC[C@@H]3CCCO3)n2)C1. The highest BCUT2D eigenvalue weighted by molar-refractivity contribution is 7.80. The summed E-state index contributed by atoms with van der Waals surface area (Å²) in [6.45, 7) is 8.04. The van der Waals surface area contributed by atoms with Gasteiger partial charge in [-0.25, -0.2) is 4.98 Å². The van der Waals surface area contributed by atoms with Crippen LogP contribution in [-0.4, -0.2) is 47.4 Å². The van der Waals surface area contributed by atoms with Crippen LogP contribution >= 0.6 is 23.8 Å². The van der Waals surface area contributed by atoms with Crippen LogP contribution in [0.4, 0.5) is 11.8 Å². The number of ether oxygens (including phenoxy) is 1. The molecule has 3 atom stereocenters. The van der Waals surface area contributed by atoms with Gasteiger partial charge in [0.05, 0.1) is 6.10 Å². The summed E-state index contributed by atoms with van der Waals surface area (Å²) in [7, 11) is 0. The fourth-order valence-electron chi connectivity index (χ4n) is 3.63. The Bertz CT molecular complexity index is 601. The molecular formula is C17H26ClN5OS. The number of piperidine rings is 1. The summed E-state index contributed by atoms with van der Waals surface area (Å²) >= 11 is 11.5. The van der Waals surface area contributed by atoms with Crippen molar-refractivity contribution in [3.05, 3.63) is 11.2 Å². The van der Waals surface area contributed by atoms with Gasteiger partial charge < -0.3 is 20.3 Å². The highest BCUT2D eigenvalue weighted by Crippen LogP contribution is 2.27. The van der Waals surface area contributed by atoms with Crippen molar-refractivity contribution in [3.63, 3.8) is 0 Å². The Hall–Kier alpha value is -1.18. The van der Waals surface area contributed by atoms with E-state index in [2.05, 4.69) is 39.3 Å². The number of halogens is 1. The molecule has 2 aliphatic rings. The van der Waals surface area contributed by atoms with Gasteiger partial charge in [0.25, 0.3) is 0 Å². The van der Waals surface area contributed by atoms with E-state index in [1.165, 1.54) is 6.42 Å². The zero-order chi connectivity index (χ0) is 17.8. The Morgan fingerprint density at radius 2 is 2.12 bits per heavy atom. The van der Waals surface area contributed by atoms with Gasteiger partial charge in [-0.05, 0) is 43.3 Å². The minimum Gasteiger partial charge on any atom is -0.376 e. The van der Waals surface area contributed by atoms with E-state index in [0.29, 0.717) is 34.6 Å². The van der Waals surface area contributed by atoms with E-state index in [1.54, 1.807) is 0 Å². The van der Waals surface area contributed by atoms with Crippen LogP contribution in [-0.2, 0) is 4.74 Å². The minimum absolute atomic E-state index is 0.229. The van der Waals surface area contributed by atoms with E-state index in [-0.39, 0.29) is 6.10 Å². The van der Waals surface area contributed by atoms with Crippen molar-refractivity contribution in [2.24, 2.45) is 11.8 Å². The fraction of sp³-hybridized carbons (Fsp3) is 0.706. The summed E-state index contributed by atoms with van der Waals surface area (Å²) in [4.78, 5) is 11.1. The number of rotatable bonds is 4. The number of hydrogen-bond acceptors (Lipinski definition) is 5. The number of nitrogens with zero attached hydrogens (tertiary/aromatic N) is 3. The second kappa shape index (κ2) is 8.47. The van der Waals surface area contributed by atoms with Crippen molar-refractivity contribution in [2.75, 3.05) is 36.5 Å². The second-order valence-corrected chi connectivity index (χ2v) is 7.99. The lowest BCUT2D eigenvalue weighted by atomic mass is 9.92. The van der Waals surface area contributed by atoms with E-state index in [0.717, 1.165) is 38.4 Å². The first-order chi connectivity index (χ1) is 12.0. The second-order valence-electron chi connectivity index (χ2n) is 7.19. The third-order valence-electron chi connectivity index (χ3n) is 4.61. The molecule has 1 aromatic rings. The van der Waals surface area contributed by atoms with Crippen LogP contribution in [0.15, 0.2) is 6.07 Å². The number of thiocarbonyl (C=S) groups is 1. The predicted octanol–water partition coefficient (Wildman–Crippen LogP) is 3.08. The van der Waals surface area contributed by atoms with E-state index < -0.39 is 0 Å². The smallest absolute Gasteiger partial charge is 0.232 e. The van der Waals surface area contributed by atoms with E-state index in [1.807, 2.05) is 6.07 Å². The molecule has 8 heteroatoms. The molecular weight excluding hydrogens is 358 g/mol. The molecule has 6 nitrogen and oxygen atoms in total. The molecule has 2 saturated heterocycles. The Morgan fingerprint density at radius 1 is 1.36 bits per heavy atom. The normalized spacial score (nSPS) is 26.5. The maximum absolute atomic E-state index is 6.20. The Kier molecular flexibility index (Phi) is 6.30. The lowest BCUT2D eigenvalue weighted by Gasteiger charge is -2.35. The molecule has 2 fully saturated rings. The van der Waals surface area contributed by atoms with Crippen LogP contribution in [0, 0.1) is 11.8 Å². The van der Waals surface area contributed by atoms with E-state index in [9.17, 15) is 0 Å².